The molecule has 0 spiro atoms. The van der Waals surface area contributed by atoms with Gasteiger partial charge < -0.3 is 5.73 Å². The van der Waals surface area contributed by atoms with E-state index in [-0.39, 0.29) is 5.95 Å². The molecule has 0 bridgehead atoms. The summed E-state index contributed by atoms with van der Waals surface area (Å²) in [5.74, 6) is 1.31. The molecule has 5 heteroatoms. The molecule has 0 fully saturated rings. The molecule has 2 aromatic rings. The number of nitrogen functional groups attached to an aromatic ring is 1. The lowest BCUT2D eigenvalue weighted by Gasteiger charge is -2.07. The third-order valence-electron chi connectivity index (χ3n) is 2.08. The molecule has 0 aliphatic heterocycles. The van der Waals surface area contributed by atoms with E-state index in [1.165, 1.54) is 0 Å². The lowest BCUT2D eigenvalue weighted by molar-refractivity contribution is 0.789. The zero-order valence-corrected chi connectivity index (χ0v) is 8.75. The number of nitrogens with zero attached hydrogens (tertiary/aromatic N) is 4. The molecule has 0 aromatic carbocycles. The van der Waals surface area contributed by atoms with Gasteiger partial charge in [0.2, 0.25) is 5.95 Å². The Morgan fingerprint density at radius 3 is 2.73 bits per heavy atom. The van der Waals surface area contributed by atoms with Crippen molar-refractivity contribution in [2.75, 3.05) is 5.73 Å². The van der Waals surface area contributed by atoms with Gasteiger partial charge in [0, 0.05) is 18.5 Å². The molecule has 2 heterocycles. The van der Waals surface area contributed by atoms with Crippen LogP contribution in [0, 0.1) is 0 Å². The number of rotatable bonds is 2. The fraction of sp³-hybridized carbons (Fsp3) is 0.300. The summed E-state index contributed by atoms with van der Waals surface area (Å²) in [7, 11) is 0. The van der Waals surface area contributed by atoms with Crippen molar-refractivity contribution in [2.24, 2.45) is 0 Å². The third-order valence-corrected chi connectivity index (χ3v) is 2.08. The number of anilines is 1. The van der Waals surface area contributed by atoms with Gasteiger partial charge >= 0.3 is 0 Å². The summed E-state index contributed by atoms with van der Waals surface area (Å²) in [4.78, 5) is 8.29. The first-order chi connectivity index (χ1) is 7.16. The van der Waals surface area contributed by atoms with Crippen LogP contribution in [0.25, 0.3) is 5.82 Å². The molecule has 0 saturated heterocycles. The van der Waals surface area contributed by atoms with Crippen LogP contribution >= 0.6 is 0 Å². The maximum atomic E-state index is 5.64. The summed E-state index contributed by atoms with van der Waals surface area (Å²) < 4.78 is 1.67. The van der Waals surface area contributed by atoms with E-state index in [0.29, 0.717) is 11.7 Å². The summed E-state index contributed by atoms with van der Waals surface area (Å²) in [6.07, 6.45) is 3.53. The smallest absolute Gasteiger partial charge is 0.222 e. The second-order valence-electron chi connectivity index (χ2n) is 3.61. The van der Waals surface area contributed by atoms with Gasteiger partial charge in [-0.05, 0) is 12.0 Å². The maximum absolute atomic E-state index is 5.64. The Morgan fingerprint density at radius 1 is 1.33 bits per heavy atom. The molecule has 0 aliphatic rings. The largest absolute Gasteiger partial charge is 0.368 e. The van der Waals surface area contributed by atoms with Crippen molar-refractivity contribution in [3.63, 3.8) is 0 Å². The minimum atomic E-state index is 0.284. The van der Waals surface area contributed by atoms with Crippen LogP contribution in [-0.2, 0) is 0 Å². The molecule has 2 N–H and O–H groups in total. The molecular weight excluding hydrogens is 190 g/mol. The Hall–Kier alpha value is -1.91. The average molecular weight is 203 g/mol. The molecule has 78 valence electrons. The van der Waals surface area contributed by atoms with Crippen LogP contribution in [0.5, 0.6) is 0 Å². The summed E-state index contributed by atoms with van der Waals surface area (Å²) in [6, 6.07) is 3.74. The van der Waals surface area contributed by atoms with Crippen molar-refractivity contribution in [2.45, 2.75) is 19.8 Å². The van der Waals surface area contributed by atoms with Crippen molar-refractivity contribution >= 4 is 5.95 Å². The van der Waals surface area contributed by atoms with E-state index in [9.17, 15) is 0 Å². The van der Waals surface area contributed by atoms with Crippen LogP contribution in [0.3, 0.4) is 0 Å². The fourth-order valence-corrected chi connectivity index (χ4v) is 1.29. The van der Waals surface area contributed by atoms with Crippen molar-refractivity contribution < 1.29 is 0 Å². The molecule has 0 unspecified atom stereocenters. The molecule has 0 radical (unpaired) electrons. The number of nitrogens with two attached hydrogens (primary N) is 1. The quantitative estimate of drug-likeness (QED) is 0.800. The van der Waals surface area contributed by atoms with Gasteiger partial charge in [0.25, 0.3) is 0 Å². The molecule has 0 amide bonds. The lowest BCUT2D eigenvalue weighted by atomic mass is 10.1. The Balaban J connectivity index is 2.49. The van der Waals surface area contributed by atoms with Crippen LogP contribution in [0.15, 0.2) is 24.5 Å². The van der Waals surface area contributed by atoms with Crippen molar-refractivity contribution in [3.05, 3.63) is 30.2 Å². The third kappa shape index (κ3) is 1.96. The van der Waals surface area contributed by atoms with Crippen molar-refractivity contribution in [3.8, 4) is 5.82 Å². The summed E-state index contributed by atoms with van der Waals surface area (Å²) in [5.41, 5.74) is 6.56. The van der Waals surface area contributed by atoms with Gasteiger partial charge in [-0.2, -0.15) is 10.1 Å². The first-order valence-electron chi connectivity index (χ1n) is 4.81. The van der Waals surface area contributed by atoms with Crippen LogP contribution < -0.4 is 5.73 Å². The van der Waals surface area contributed by atoms with Crippen LogP contribution in [0.4, 0.5) is 5.95 Å². The van der Waals surface area contributed by atoms with E-state index in [4.69, 9.17) is 5.73 Å². The van der Waals surface area contributed by atoms with Crippen LogP contribution in [0.2, 0.25) is 0 Å². The topological polar surface area (TPSA) is 69.6 Å². The summed E-state index contributed by atoms with van der Waals surface area (Å²) in [5, 5.41) is 4.10. The summed E-state index contributed by atoms with van der Waals surface area (Å²) >= 11 is 0. The van der Waals surface area contributed by atoms with Gasteiger partial charge in [0.15, 0.2) is 5.82 Å². The highest BCUT2D eigenvalue weighted by Crippen LogP contribution is 2.15. The monoisotopic (exact) mass is 203 g/mol. The molecule has 2 rings (SSSR count). The first kappa shape index (κ1) is 9.64. The Morgan fingerprint density at radius 2 is 2.13 bits per heavy atom. The molecule has 2 aromatic heterocycles. The van der Waals surface area contributed by atoms with Gasteiger partial charge in [0.1, 0.15) is 0 Å². The van der Waals surface area contributed by atoms with Crippen LogP contribution in [-0.4, -0.2) is 19.7 Å². The lowest BCUT2D eigenvalue weighted by Crippen LogP contribution is -2.06. The van der Waals surface area contributed by atoms with E-state index in [2.05, 4.69) is 28.9 Å². The number of aromatic nitrogens is 4. The Kier molecular flexibility index (Phi) is 2.37. The van der Waals surface area contributed by atoms with Gasteiger partial charge in [-0.3, -0.25) is 0 Å². The fourth-order valence-electron chi connectivity index (χ4n) is 1.29. The zero-order chi connectivity index (χ0) is 10.8. The van der Waals surface area contributed by atoms with Crippen molar-refractivity contribution in [1.29, 1.82) is 0 Å². The van der Waals surface area contributed by atoms with Gasteiger partial charge in [-0.1, -0.05) is 13.8 Å². The number of hydrogen-bond donors (Lipinski definition) is 1. The predicted molar refractivity (Wildman–Crippen MR) is 57.7 cm³/mol. The van der Waals surface area contributed by atoms with Gasteiger partial charge in [-0.15, -0.1) is 0 Å². The van der Waals surface area contributed by atoms with E-state index in [0.717, 1.165) is 5.69 Å². The summed E-state index contributed by atoms with van der Waals surface area (Å²) in [6.45, 7) is 4.13. The normalized spacial score (nSPS) is 10.9. The molecular formula is C10H13N5. The molecule has 15 heavy (non-hydrogen) atoms. The van der Waals surface area contributed by atoms with Crippen molar-refractivity contribution in [1.82, 2.24) is 19.7 Å². The molecule has 0 atom stereocenters. The molecule has 5 nitrogen and oxygen atoms in total. The van der Waals surface area contributed by atoms with E-state index >= 15 is 0 Å². The minimum absolute atomic E-state index is 0.284. The van der Waals surface area contributed by atoms with E-state index in [1.807, 2.05) is 18.3 Å². The predicted octanol–water partition coefficient (Wildman–Crippen LogP) is 1.37. The second-order valence-corrected chi connectivity index (χ2v) is 3.61. The van der Waals surface area contributed by atoms with E-state index in [1.54, 1.807) is 10.9 Å². The minimum Gasteiger partial charge on any atom is -0.368 e. The zero-order valence-electron chi connectivity index (χ0n) is 8.75. The highest BCUT2D eigenvalue weighted by atomic mass is 15.3. The Labute approximate surface area is 88.0 Å². The highest BCUT2D eigenvalue weighted by molar-refractivity contribution is 5.32. The van der Waals surface area contributed by atoms with Gasteiger partial charge in [0.05, 0.1) is 5.69 Å². The SMILES string of the molecule is CC(C)c1cc(-n2cccn2)nc(N)n1. The van der Waals surface area contributed by atoms with Gasteiger partial charge in [-0.25, -0.2) is 9.67 Å². The number of hydrogen-bond acceptors (Lipinski definition) is 4. The van der Waals surface area contributed by atoms with E-state index < -0.39 is 0 Å². The first-order valence-corrected chi connectivity index (χ1v) is 4.81. The Bertz CT molecular complexity index is 447. The highest BCUT2D eigenvalue weighted by Gasteiger charge is 2.07. The van der Waals surface area contributed by atoms with Crippen LogP contribution in [0.1, 0.15) is 25.5 Å². The molecule has 0 saturated carbocycles. The standard InChI is InChI=1S/C10H13N5/c1-7(2)8-6-9(14-10(11)13-8)15-5-3-4-12-15/h3-7H,1-2H3,(H2,11,13,14). The second kappa shape index (κ2) is 3.68. The maximum Gasteiger partial charge on any atom is 0.222 e. The molecule has 0 aliphatic carbocycles. The average Bonchev–Trinajstić information content (AvgIpc) is 2.69.